The molecule has 2 aromatic carbocycles. The van der Waals surface area contributed by atoms with Gasteiger partial charge in [-0.2, -0.15) is 0 Å². The van der Waals surface area contributed by atoms with Gasteiger partial charge in [0.15, 0.2) is 0 Å². The van der Waals surface area contributed by atoms with Crippen molar-refractivity contribution in [2.75, 3.05) is 5.32 Å². The number of aromatic nitrogens is 3. The van der Waals surface area contributed by atoms with Crippen molar-refractivity contribution in [1.29, 1.82) is 0 Å². The second kappa shape index (κ2) is 6.93. The fourth-order valence-electron chi connectivity index (χ4n) is 2.04. The molecule has 23 heavy (non-hydrogen) atoms. The van der Waals surface area contributed by atoms with Gasteiger partial charge in [-0.25, -0.2) is 9.48 Å². The molecular formula is C16H14ClN5O. The molecule has 7 heteroatoms. The minimum absolute atomic E-state index is 0.307. The predicted molar refractivity (Wildman–Crippen MR) is 88.7 cm³/mol. The largest absolute Gasteiger partial charge is 0.332 e. The molecule has 0 radical (unpaired) electrons. The van der Waals surface area contributed by atoms with Gasteiger partial charge in [-0.15, -0.1) is 5.10 Å². The topological polar surface area (TPSA) is 71.8 Å². The van der Waals surface area contributed by atoms with E-state index in [1.54, 1.807) is 35.1 Å². The van der Waals surface area contributed by atoms with Crippen molar-refractivity contribution in [2.24, 2.45) is 0 Å². The molecule has 0 bridgehead atoms. The van der Waals surface area contributed by atoms with E-state index in [1.165, 1.54) is 0 Å². The number of urea groups is 1. The highest BCUT2D eigenvalue weighted by Gasteiger charge is 2.08. The first-order chi connectivity index (χ1) is 11.2. The van der Waals surface area contributed by atoms with Crippen LogP contribution in [0.1, 0.15) is 5.69 Å². The highest BCUT2D eigenvalue weighted by atomic mass is 35.5. The number of nitrogens with one attached hydrogen (secondary N) is 2. The molecule has 1 heterocycles. The Morgan fingerprint density at radius 3 is 2.57 bits per heavy atom. The molecule has 1 aromatic heterocycles. The maximum Gasteiger partial charge on any atom is 0.319 e. The maximum atomic E-state index is 11.9. The van der Waals surface area contributed by atoms with Gasteiger partial charge in [-0.05, 0) is 36.4 Å². The van der Waals surface area contributed by atoms with Gasteiger partial charge in [0, 0.05) is 10.7 Å². The molecule has 0 unspecified atom stereocenters. The standard InChI is InChI=1S/C16H14ClN5O/c17-12-6-8-13(9-7-12)20-16(23)18-10-15-11-19-21-22(15)14-4-2-1-3-5-14/h1-9,11H,10H2,(H2,18,20,23). The van der Waals surface area contributed by atoms with Crippen LogP contribution in [0.4, 0.5) is 10.5 Å². The van der Waals surface area contributed by atoms with Crippen LogP contribution >= 0.6 is 11.6 Å². The Balaban J connectivity index is 1.62. The zero-order valence-electron chi connectivity index (χ0n) is 12.1. The second-order valence-corrected chi connectivity index (χ2v) is 5.22. The minimum atomic E-state index is -0.312. The van der Waals surface area contributed by atoms with E-state index in [2.05, 4.69) is 20.9 Å². The zero-order valence-corrected chi connectivity index (χ0v) is 12.9. The van der Waals surface area contributed by atoms with E-state index in [0.29, 0.717) is 17.3 Å². The van der Waals surface area contributed by atoms with Gasteiger partial charge in [0.05, 0.1) is 24.1 Å². The lowest BCUT2D eigenvalue weighted by Crippen LogP contribution is -2.29. The normalized spacial score (nSPS) is 10.3. The Hall–Kier alpha value is -2.86. The first kappa shape index (κ1) is 15.1. The highest BCUT2D eigenvalue weighted by molar-refractivity contribution is 6.30. The lowest BCUT2D eigenvalue weighted by molar-refractivity contribution is 0.251. The number of carbonyl (C=O) groups excluding carboxylic acids is 1. The summed E-state index contributed by atoms with van der Waals surface area (Å²) in [4.78, 5) is 11.9. The lowest BCUT2D eigenvalue weighted by atomic mass is 10.3. The van der Waals surface area contributed by atoms with Crippen molar-refractivity contribution in [3.05, 3.63) is 71.5 Å². The van der Waals surface area contributed by atoms with E-state index < -0.39 is 0 Å². The number of rotatable bonds is 4. The third-order valence-electron chi connectivity index (χ3n) is 3.15. The Morgan fingerprint density at radius 1 is 1.09 bits per heavy atom. The quantitative estimate of drug-likeness (QED) is 0.772. The Kier molecular flexibility index (Phi) is 4.54. The summed E-state index contributed by atoms with van der Waals surface area (Å²) >= 11 is 5.81. The minimum Gasteiger partial charge on any atom is -0.332 e. The van der Waals surface area contributed by atoms with E-state index in [1.807, 2.05) is 30.3 Å². The molecule has 0 saturated heterocycles. The SMILES string of the molecule is O=C(NCc1cnnn1-c1ccccc1)Nc1ccc(Cl)cc1. The van der Waals surface area contributed by atoms with Crippen molar-refractivity contribution in [3.8, 4) is 5.69 Å². The van der Waals surface area contributed by atoms with Crippen LogP contribution in [-0.2, 0) is 6.54 Å². The van der Waals surface area contributed by atoms with Crippen molar-refractivity contribution in [2.45, 2.75) is 6.54 Å². The Bertz CT molecular complexity index is 786. The van der Waals surface area contributed by atoms with Crippen molar-refractivity contribution in [1.82, 2.24) is 20.3 Å². The van der Waals surface area contributed by atoms with Crippen LogP contribution in [0.2, 0.25) is 5.02 Å². The number of para-hydroxylation sites is 1. The van der Waals surface area contributed by atoms with Gasteiger partial charge in [-0.1, -0.05) is 35.0 Å². The fraction of sp³-hybridized carbons (Fsp3) is 0.0625. The number of carbonyl (C=O) groups is 1. The molecule has 2 amide bonds. The molecule has 6 nitrogen and oxygen atoms in total. The third kappa shape index (κ3) is 3.87. The van der Waals surface area contributed by atoms with Gasteiger partial charge < -0.3 is 10.6 Å². The van der Waals surface area contributed by atoms with Gasteiger partial charge in [0.2, 0.25) is 0 Å². The van der Waals surface area contributed by atoms with Crippen molar-refractivity contribution in [3.63, 3.8) is 0 Å². The molecule has 0 aliphatic carbocycles. The number of benzene rings is 2. The van der Waals surface area contributed by atoms with E-state index in [9.17, 15) is 4.79 Å². The summed E-state index contributed by atoms with van der Waals surface area (Å²) in [6, 6.07) is 16.2. The van der Waals surface area contributed by atoms with Crippen LogP contribution in [0, 0.1) is 0 Å². The monoisotopic (exact) mass is 327 g/mol. The van der Waals surface area contributed by atoms with E-state index in [4.69, 9.17) is 11.6 Å². The molecule has 3 rings (SSSR count). The summed E-state index contributed by atoms with van der Waals surface area (Å²) in [5.74, 6) is 0. The predicted octanol–water partition coefficient (Wildman–Crippen LogP) is 3.24. The third-order valence-corrected chi connectivity index (χ3v) is 3.40. The molecule has 0 aliphatic heterocycles. The summed E-state index contributed by atoms with van der Waals surface area (Å²) in [6.45, 7) is 0.307. The second-order valence-electron chi connectivity index (χ2n) is 4.79. The first-order valence-corrected chi connectivity index (χ1v) is 7.35. The molecule has 0 atom stereocenters. The Morgan fingerprint density at radius 2 is 1.83 bits per heavy atom. The molecule has 2 N–H and O–H groups in total. The molecular weight excluding hydrogens is 314 g/mol. The van der Waals surface area contributed by atoms with Gasteiger partial charge in [-0.3, -0.25) is 0 Å². The van der Waals surface area contributed by atoms with Crippen LogP contribution in [-0.4, -0.2) is 21.0 Å². The van der Waals surface area contributed by atoms with Crippen LogP contribution in [0.5, 0.6) is 0 Å². The van der Waals surface area contributed by atoms with E-state index in [0.717, 1.165) is 11.4 Å². The average molecular weight is 328 g/mol. The van der Waals surface area contributed by atoms with Gasteiger partial charge in [0.1, 0.15) is 0 Å². The van der Waals surface area contributed by atoms with E-state index in [-0.39, 0.29) is 6.03 Å². The molecule has 0 fully saturated rings. The van der Waals surface area contributed by atoms with Gasteiger partial charge in [0.25, 0.3) is 0 Å². The molecule has 3 aromatic rings. The van der Waals surface area contributed by atoms with Gasteiger partial charge >= 0.3 is 6.03 Å². The number of nitrogens with zero attached hydrogens (tertiary/aromatic N) is 3. The molecule has 0 spiro atoms. The molecule has 116 valence electrons. The maximum absolute atomic E-state index is 11.9. The number of halogens is 1. The van der Waals surface area contributed by atoms with E-state index >= 15 is 0 Å². The smallest absolute Gasteiger partial charge is 0.319 e. The Labute approximate surface area is 138 Å². The van der Waals surface area contributed by atoms with Crippen LogP contribution in [0.25, 0.3) is 5.69 Å². The van der Waals surface area contributed by atoms with Crippen LogP contribution in [0.15, 0.2) is 60.8 Å². The highest BCUT2D eigenvalue weighted by Crippen LogP contribution is 2.13. The first-order valence-electron chi connectivity index (χ1n) is 6.98. The average Bonchev–Trinajstić information content (AvgIpc) is 3.04. The number of hydrogen-bond acceptors (Lipinski definition) is 3. The van der Waals surface area contributed by atoms with Crippen molar-refractivity contribution < 1.29 is 4.79 Å². The fourth-order valence-corrected chi connectivity index (χ4v) is 2.17. The summed E-state index contributed by atoms with van der Waals surface area (Å²) in [7, 11) is 0. The zero-order chi connectivity index (χ0) is 16.1. The van der Waals surface area contributed by atoms with Crippen LogP contribution < -0.4 is 10.6 Å². The summed E-state index contributed by atoms with van der Waals surface area (Å²) in [6.07, 6.45) is 1.62. The molecule has 0 saturated carbocycles. The summed E-state index contributed by atoms with van der Waals surface area (Å²) < 4.78 is 1.68. The number of hydrogen-bond donors (Lipinski definition) is 2. The summed E-state index contributed by atoms with van der Waals surface area (Å²) in [5, 5.41) is 14.1. The molecule has 0 aliphatic rings. The summed E-state index contributed by atoms with van der Waals surface area (Å²) in [5.41, 5.74) is 2.34. The number of anilines is 1. The lowest BCUT2D eigenvalue weighted by Gasteiger charge is -2.09. The van der Waals surface area contributed by atoms with Crippen molar-refractivity contribution >= 4 is 23.3 Å². The van der Waals surface area contributed by atoms with Crippen LogP contribution in [0.3, 0.4) is 0 Å². The number of amides is 2.